The van der Waals surface area contributed by atoms with Crippen molar-refractivity contribution in [2.75, 3.05) is 19.0 Å². The average molecular weight is 696 g/mol. The highest BCUT2D eigenvalue weighted by Gasteiger charge is 2.36. The van der Waals surface area contributed by atoms with Crippen LogP contribution in [0.5, 0.6) is 0 Å². The Morgan fingerprint density at radius 3 is 2.10 bits per heavy atom. The van der Waals surface area contributed by atoms with Crippen molar-refractivity contribution in [3.8, 4) is 0 Å². The standard InChI is InChI=1S/C40H50N6O5/c1-39(2,3)50-36(47)41-35(44(8)38(49)51-40(4,5)6)43(7)30-23-25-31(26-24-30)46-33-22-16-15-21-32(33)34(29-19-13-10-14-20-29)42-45(37(46)48)27-28-17-11-9-12-18-28/h9,11-12,15-18,21-26,29H,10,13-14,19-20,27H2,1-8H3/p+1. The number of fused-ring (bicyclic) bond motifs is 1. The molecule has 0 unspecified atom stereocenters. The molecule has 1 fully saturated rings. The van der Waals surface area contributed by atoms with Crippen molar-refractivity contribution in [2.24, 2.45) is 11.0 Å². The highest BCUT2D eigenvalue weighted by Crippen LogP contribution is 2.38. The van der Waals surface area contributed by atoms with Crippen LogP contribution in [0.15, 0.2) is 84.0 Å². The second kappa shape index (κ2) is 15.4. The van der Waals surface area contributed by atoms with Crippen molar-refractivity contribution < 1.29 is 28.4 Å². The molecule has 0 atom stereocenters. The van der Waals surface area contributed by atoms with Gasteiger partial charge in [0.05, 0.1) is 37.7 Å². The molecule has 11 nitrogen and oxygen atoms in total. The number of guanidine groups is 1. The number of hydrogen-bond acceptors (Lipinski definition) is 6. The molecule has 3 aromatic carbocycles. The van der Waals surface area contributed by atoms with Crippen LogP contribution in [0, 0.1) is 5.92 Å². The van der Waals surface area contributed by atoms with Crippen molar-refractivity contribution in [2.45, 2.75) is 91.4 Å². The second-order valence-corrected chi connectivity index (χ2v) is 15.1. The highest BCUT2D eigenvalue weighted by molar-refractivity contribution is 6.13. The summed E-state index contributed by atoms with van der Waals surface area (Å²) >= 11 is 0. The first-order valence-corrected chi connectivity index (χ1v) is 17.6. The molecule has 51 heavy (non-hydrogen) atoms. The molecule has 0 radical (unpaired) electrons. The van der Waals surface area contributed by atoms with E-state index in [9.17, 15) is 14.4 Å². The van der Waals surface area contributed by atoms with Crippen molar-refractivity contribution in [3.63, 3.8) is 0 Å². The number of para-hydroxylation sites is 1. The predicted molar refractivity (Wildman–Crippen MR) is 200 cm³/mol. The van der Waals surface area contributed by atoms with Gasteiger partial charge in [-0.05, 0) is 90.3 Å². The minimum absolute atomic E-state index is 0.127. The molecule has 5 rings (SSSR count). The number of ether oxygens (including phenoxy) is 2. The second-order valence-electron chi connectivity index (χ2n) is 15.1. The Hall–Kier alpha value is -5.19. The Kier molecular flexibility index (Phi) is 11.2. The van der Waals surface area contributed by atoms with Crippen molar-refractivity contribution in [1.29, 1.82) is 0 Å². The summed E-state index contributed by atoms with van der Waals surface area (Å²) in [6.07, 6.45) is 4.19. The maximum Gasteiger partial charge on any atom is 0.479 e. The lowest BCUT2D eigenvalue weighted by molar-refractivity contribution is -0.412. The average Bonchev–Trinajstić information content (AvgIpc) is 3.20. The van der Waals surface area contributed by atoms with Gasteiger partial charge in [0.2, 0.25) is 0 Å². The molecule has 1 N–H and O–H groups in total. The van der Waals surface area contributed by atoms with Gasteiger partial charge in [-0.1, -0.05) is 67.8 Å². The van der Waals surface area contributed by atoms with Crippen LogP contribution in [-0.2, 0) is 16.0 Å². The Bertz CT molecular complexity index is 1780. The summed E-state index contributed by atoms with van der Waals surface area (Å²) < 4.78 is 12.8. The predicted octanol–water partition coefficient (Wildman–Crippen LogP) is 8.77. The van der Waals surface area contributed by atoms with Crippen LogP contribution >= 0.6 is 0 Å². The summed E-state index contributed by atoms with van der Waals surface area (Å²) in [4.78, 5) is 43.6. The van der Waals surface area contributed by atoms with Gasteiger partial charge in [-0.3, -0.25) is 4.90 Å². The zero-order chi connectivity index (χ0) is 36.9. The van der Waals surface area contributed by atoms with E-state index in [1.54, 1.807) is 63.1 Å². The van der Waals surface area contributed by atoms with Crippen LogP contribution in [0.3, 0.4) is 0 Å². The van der Waals surface area contributed by atoms with E-state index in [1.165, 1.54) is 18.4 Å². The highest BCUT2D eigenvalue weighted by atomic mass is 16.6. The first-order valence-electron chi connectivity index (χ1n) is 17.6. The normalized spacial score (nSPS) is 16.0. The number of nitrogens with zero attached hydrogens (tertiary/aromatic N) is 5. The summed E-state index contributed by atoms with van der Waals surface area (Å²) in [5.41, 5.74) is 3.41. The third kappa shape index (κ3) is 9.33. The van der Waals surface area contributed by atoms with Crippen molar-refractivity contribution >= 4 is 47.0 Å². The Balaban J connectivity index is 1.55. The van der Waals surface area contributed by atoms with Crippen LogP contribution < -0.4 is 10.2 Å². The zero-order valence-electron chi connectivity index (χ0n) is 31.1. The van der Waals surface area contributed by atoms with E-state index in [4.69, 9.17) is 14.6 Å². The summed E-state index contributed by atoms with van der Waals surface area (Å²) in [5.74, 6) is 0.386. The molecule has 2 aliphatic rings. The van der Waals surface area contributed by atoms with Crippen LogP contribution in [0.4, 0.5) is 31.4 Å². The lowest BCUT2D eigenvalue weighted by Crippen LogP contribution is -2.51. The smallest absolute Gasteiger partial charge is 0.432 e. The maximum atomic E-state index is 14.6. The fraction of sp³-hybridized carbons (Fsp3) is 0.425. The first kappa shape index (κ1) is 37.1. The molecule has 11 heteroatoms. The summed E-state index contributed by atoms with van der Waals surface area (Å²) in [7, 11) is 3.24. The molecule has 1 aliphatic heterocycles. The van der Waals surface area contributed by atoms with Crippen LogP contribution in [0.1, 0.15) is 84.8 Å². The molecular formula is C40H51N6O5+. The number of carbonyl (C=O) groups is 3. The quantitative estimate of drug-likeness (QED) is 0.163. The fourth-order valence-electron chi connectivity index (χ4n) is 6.27. The van der Waals surface area contributed by atoms with Gasteiger partial charge in [0, 0.05) is 11.5 Å². The van der Waals surface area contributed by atoms with Crippen LogP contribution in [0.25, 0.3) is 0 Å². The molecule has 1 aliphatic carbocycles. The van der Waals surface area contributed by atoms with E-state index < -0.39 is 23.4 Å². The Morgan fingerprint density at radius 1 is 0.863 bits per heavy atom. The molecule has 0 aromatic heterocycles. The number of carbonyl (C=O) groups excluding carboxylic acids is 3. The Morgan fingerprint density at radius 2 is 1.47 bits per heavy atom. The SMILES string of the molecule is CN(C(=O)OC(C)(C)C)C(NC(=O)OC(C)(C)C)=[N+](C)c1ccc(N2C(=O)N(Cc3ccccc3)N=C(C3CCCCC3)c3ccccc32)cc1. The third-order valence-electron chi connectivity index (χ3n) is 8.64. The van der Waals surface area contributed by atoms with E-state index in [-0.39, 0.29) is 17.9 Å². The molecule has 1 saturated carbocycles. The number of nitrogens with one attached hydrogen (secondary N) is 1. The number of anilines is 2. The molecule has 270 valence electrons. The lowest BCUT2D eigenvalue weighted by atomic mass is 9.83. The van der Waals surface area contributed by atoms with Gasteiger partial charge >= 0.3 is 24.2 Å². The minimum Gasteiger partial charge on any atom is -0.432 e. The van der Waals surface area contributed by atoms with E-state index in [0.717, 1.165) is 48.2 Å². The van der Waals surface area contributed by atoms with E-state index in [0.29, 0.717) is 17.9 Å². The first-order chi connectivity index (χ1) is 24.1. The number of rotatable bonds is 5. The van der Waals surface area contributed by atoms with Gasteiger partial charge in [0.25, 0.3) is 0 Å². The zero-order valence-corrected chi connectivity index (χ0v) is 31.1. The van der Waals surface area contributed by atoms with Gasteiger partial charge < -0.3 is 9.47 Å². The molecule has 4 amide bonds. The lowest BCUT2D eigenvalue weighted by Gasteiger charge is -2.27. The van der Waals surface area contributed by atoms with Crippen LogP contribution in [-0.4, -0.2) is 69.7 Å². The minimum atomic E-state index is -0.759. The fourth-order valence-corrected chi connectivity index (χ4v) is 6.27. The monoisotopic (exact) mass is 695 g/mol. The van der Waals surface area contributed by atoms with Crippen LogP contribution in [0.2, 0.25) is 0 Å². The van der Waals surface area contributed by atoms with Gasteiger partial charge in [0.15, 0.2) is 0 Å². The van der Waals surface area contributed by atoms with E-state index in [2.05, 4.69) is 11.4 Å². The number of urea groups is 1. The molecule has 0 bridgehead atoms. The van der Waals surface area contributed by atoms with Gasteiger partial charge in [-0.25, -0.2) is 24.0 Å². The largest absolute Gasteiger partial charge is 0.479 e. The van der Waals surface area contributed by atoms with E-state index in [1.807, 2.05) is 72.8 Å². The topological polar surface area (TPSA) is 107 Å². The number of hydrogen-bond donors (Lipinski definition) is 1. The molecule has 0 saturated heterocycles. The number of benzene rings is 3. The molecular weight excluding hydrogens is 644 g/mol. The Labute approximate surface area is 301 Å². The van der Waals surface area contributed by atoms with Gasteiger partial charge in [-0.15, -0.1) is 0 Å². The summed E-state index contributed by atoms with van der Waals surface area (Å²) in [5, 5.41) is 9.44. The van der Waals surface area contributed by atoms with Crippen molar-refractivity contribution in [3.05, 3.63) is 90.0 Å². The molecule has 3 aromatic rings. The van der Waals surface area contributed by atoms with Crippen molar-refractivity contribution in [1.82, 2.24) is 15.2 Å². The number of hydrazone groups is 1. The molecule has 1 heterocycles. The summed E-state index contributed by atoms with van der Waals surface area (Å²) in [6, 6.07) is 25.0. The third-order valence-corrected chi connectivity index (χ3v) is 8.64. The maximum absolute atomic E-state index is 14.6. The van der Waals surface area contributed by atoms with E-state index >= 15 is 0 Å². The number of alkyl carbamates (subject to hydrolysis) is 1. The summed E-state index contributed by atoms with van der Waals surface area (Å²) in [6.45, 7) is 10.9. The molecule has 0 spiro atoms. The van der Waals surface area contributed by atoms with Gasteiger partial charge in [-0.2, -0.15) is 15.3 Å². The van der Waals surface area contributed by atoms with Gasteiger partial charge in [0.1, 0.15) is 16.9 Å². The number of amides is 4.